The number of hydrogen-bond acceptors (Lipinski definition) is 2. The summed E-state index contributed by atoms with van der Waals surface area (Å²) >= 11 is 0. The van der Waals surface area contributed by atoms with E-state index in [1.54, 1.807) is 0 Å². The van der Waals surface area contributed by atoms with Crippen LogP contribution in [0.15, 0.2) is 48.5 Å². The Balaban J connectivity index is 2.05. The topological polar surface area (TPSA) is 32.3 Å². The summed E-state index contributed by atoms with van der Waals surface area (Å²) in [7, 11) is 0. The fourth-order valence-corrected chi connectivity index (χ4v) is 2.74. The highest BCUT2D eigenvalue weighted by Crippen LogP contribution is 2.20. The molecule has 0 aliphatic rings. The molecule has 0 heterocycles. The highest BCUT2D eigenvalue weighted by molar-refractivity contribution is 5.32. The van der Waals surface area contributed by atoms with Crippen molar-refractivity contribution in [3.05, 3.63) is 70.8 Å². The van der Waals surface area contributed by atoms with Crippen molar-refractivity contribution in [1.29, 1.82) is 0 Å². The molecule has 2 atom stereocenters. The second-order valence-corrected chi connectivity index (χ2v) is 5.82. The highest BCUT2D eigenvalue weighted by Gasteiger charge is 2.14. The number of hydrogen-bond donors (Lipinski definition) is 2. The van der Waals surface area contributed by atoms with Crippen LogP contribution < -0.4 is 5.32 Å². The van der Waals surface area contributed by atoms with Crippen molar-refractivity contribution >= 4 is 0 Å². The molecule has 112 valence electrons. The summed E-state index contributed by atoms with van der Waals surface area (Å²) < 4.78 is 0. The first-order valence-electron chi connectivity index (χ1n) is 7.58. The lowest BCUT2D eigenvalue weighted by atomic mass is 9.98. The average Bonchev–Trinajstić information content (AvgIpc) is 2.50. The fraction of sp³-hybridized carbons (Fsp3) is 0.368. The van der Waals surface area contributed by atoms with Gasteiger partial charge in [-0.25, -0.2) is 0 Å². The van der Waals surface area contributed by atoms with E-state index in [2.05, 4.69) is 56.4 Å². The van der Waals surface area contributed by atoms with Gasteiger partial charge >= 0.3 is 0 Å². The minimum absolute atomic E-state index is 0.0716. The van der Waals surface area contributed by atoms with Crippen LogP contribution in [-0.4, -0.2) is 17.8 Å². The van der Waals surface area contributed by atoms with E-state index in [1.807, 2.05) is 18.2 Å². The van der Waals surface area contributed by atoms with Crippen LogP contribution in [0.3, 0.4) is 0 Å². The van der Waals surface area contributed by atoms with Gasteiger partial charge in [-0.05, 0) is 43.9 Å². The number of benzene rings is 2. The molecule has 1 unspecified atom stereocenters. The average molecular weight is 283 g/mol. The maximum atomic E-state index is 9.64. The molecule has 0 saturated carbocycles. The van der Waals surface area contributed by atoms with Crippen molar-refractivity contribution < 1.29 is 5.11 Å². The van der Waals surface area contributed by atoms with Gasteiger partial charge in [0.05, 0.1) is 6.61 Å². The largest absolute Gasteiger partial charge is 0.395 e. The molecule has 2 aromatic carbocycles. The van der Waals surface area contributed by atoms with Gasteiger partial charge in [0.1, 0.15) is 0 Å². The Hall–Kier alpha value is -1.64. The number of nitrogens with one attached hydrogen (secondary N) is 1. The minimum atomic E-state index is 0.0716. The zero-order valence-electron chi connectivity index (χ0n) is 13.1. The van der Waals surface area contributed by atoms with Crippen LogP contribution in [0, 0.1) is 13.8 Å². The minimum Gasteiger partial charge on any atom is -0.395 e. The van der Waals surface area contributed by atoms with Crippen molar-refractivity contribution in [3.8, 4) is 0 Å². The molecule has 2 heteroatoms. The van der Waals surface area contributed by atoms with Crippen molar-refractivity contribution in [2.45, 2.75) is 39.3 Å². The van der Waals surface area contributed by atoms with E-state index in [0.717, 1.165) is 6.42 Å². The Kier molecular flexibility index (Phi) is 5.54. The molecule has 0 aliphatic carbocycles. The summed E-state index contributed by atoms with van der Waals surface area (Å²) in [6, 6.07) is 17.1. The van der Waals surface area contributed by atoms with Gasteiger partial charge in [-0.2, -0.15) is 0 Å². The fourth-order valence-electron chi connectivity index (χ4n) is 2.74. The molecule has 0 bridgehead atoms. The van der Waals surface area contributed by atoms with E-state index in [4.69, 9.17) is 0 Å². The van der Waals surface area contributed by atoms with E-state index in [0.29, 0.717) is 0 Å². The van der Waals surface area contributed by atoms with Crippen LogP contribution >= 0.6 is 0 Å². The van der Waals surface area contributed by atoms with E-state index in [-0.39, 0.29) is 18.7 Å². The molecular formula is C19H25NO. The summed E-state index contributed by atoms with van der Waals surface area (Å²) in [5.41, 5.74) is 5.11. The normalized spacial score (nSPS) is 13.9. The van der Waals surface area contributed by atoms with E-state index in [1.165, 1.54) is 22.3 Å². The second kappa shape index (κ2) is 7.39. The number of aryl methyl sites for hydroxylation is 2. The summed E-state index contributed by atoms with van der Waals surface area (Å²) in [6.45, 7) is 6.56. The van der Waals surface area contributed by atoms with Crippen LogP contribution in [0.5, 0.6) is 0 Å². The van der Waals surface area contributed by atoms with E-state index >= 15 is 0 Å². The first-order valence-corrected chi connectivity index (χ1v) is 7.58. The molecule has 2 N–H and O–H groups in total. The predicted molar refractivity (Wildman–Crippen MR) is 88.5 cm³/mol. The molecule has 0 aliphatic heterocycles. The number of aliphatic hydroxyl groups excluding tert-OH is 1. The van der Waals surface area contributed by atoms with Gasteiger partial charge in [0.15, 0.2) is 0 Å². The summed E-state index contributed by atoms with van der Waals surface area (Å²) in [4.78, 5) is 0. The Labute approximate surface area is 127 Å². The van der Waals surface area contributed by atoms with Gasteiger partial charge in [0.2, 0.25) is 0 Å². The lowest BCUT2D eigenvalue weighted by molar-refractivity contribution is 0.232. The third kappa shape index (κ3) is 4.42. The molecule has 21 heavy (non-hydrogen) atoms. The Morgan fingerprint density at radius 3 is 2.43 bits per heavy atom. The summed E-state index contributed by atoms with van der Waals surface area (Å²) in [5, 5.41) is 13.2. The molecule has 0 fully saturated rings. The highest BCUT2D eigenvalue weighted by atomic mass is 16.3. The molecule has 0 spiro atoms. The van der Waals surface area contributed by atoms with Gasteiger partial charge in [-0.1, -0.05) is 54.1 Å². The predicted octanol–water partition coefficient (Wildman–Crippen LogP) is 3.56. The standard InChI is InChI=1S/C19H25NO/c1-14-9-10-15(2)19(11-14)16(3)20-18(13-21)12-17-7-5-4-6-8-17/h4-11,16,18,20-21H,12-13H2,1-3H3/t16?,18-/m1/s1. The van der Waals surface area contributed by atoms with Crippen LogP contribution in [-0.2, 0) is 6.42 Å². The van der Waals surface area contributed by atoms with Gasteiger partial charge in [-0.3, -0.25) is 0 Å². The molecular weight excluding hydrogens is 258 g/mol. The van der Waals surface area contributed by atoms with E-state index in [9.17, 15) is 5.11 Å². The smallest absolute Gasteiger partial charge is 0.0588 e. The van der Waals surface area contributed by atoms with E-state index < -0.39 is 0 Å². The van der Waals surface area contributed by atoms with Gasteiger partial charge < -0.3 is 10.4 Å². The van der Waals surface area contributed by atoms with Gasteiger partial charge in [-0.15, -0.1) is 0 Å². The molecule has 0 radical (unpaired) electrons. The Morgan fingerprint density at radius 1 is 1.05 bits per heavy atom. The maximum absolute atomic E-state index is 9.64. The van der Waals surface area contributed by atoms with Crippen molar-refractivity contribution in [1.82, 2.24) is 5.32 Å². The Bertz CT molecular complexity index is 565. The SMILES string of the molecule is Cc1ccc(C)c(C(C)N[C@@H](CO)Cc2ccccc2)c1. The third-order valence-corrected chi connectivity index (χ3v) is 3.93. The zero-order chi connectivity index (χ0) is 15.2. The maximum Gasteiger partial charge on any atom is 0.0588 e. The van der Waals surface area contributed by atoms with Gasteiger partial charge in [0, 0.05) is 12.1 Å². The van der Waals surface area contributed by atoms with Gasteiger partial charge in [0.25, 0.3) is 0 Å². The quantitative estimate of drug-likeness (QED) is 0.849. The first kappa shape index (κ1) is 15.7. The van der Waals surface area contributed by atoms with Crippen LogP contribution in [0.1, 0.15) is 35.2 Å². The van der Waals surface area contributed by atoms with Crippen LogP contribution in [0.25, 0.3) is 0 Å². The third-order valence-electron chi connectivity index (χ3n) is 3.93. The molecule has 0 amide bonds. The first-order chi connectivity index (χ1) is 10.1. The lowest BCUT2D eigenvalue weighted by Gasteiger charge is -2.23. The summed E-state index contributed by atoms with van der Waals surface area (Å²) in [5.74, 6) is 0. The zero-order valence-corrected chi connectivity index (χ0v) is 13.1. The molecule has 0 saturated heterocycles. The molecule has 2 aromatic rings. The van der Waals surface area contributed by atoms with Crippen LogP contribution in [0.2, 0.25) is 0 Å². The second-order valence-electron chi connectivity index (χ2n) is 5.82. The molecule has 0 aromatic heterocycles. The van der Waals surface area contributed by atoms with Crippen molar-refractivity contribution in [3.63, 3.8) is 0 Å². The van der Waals surface area contributed by atoms with Crippen molar-refractivity contribution in [2.24, 2.45) is 0 Å². The van der Waals surface area contributed by atoms with Crippen molar-refractivity contribution in [2.75, 3.05) is 6.61 Å². The molecule has 2 nitrogen and oxygen atoms in total. The monoisotopic (exact) mass is 283 g/mol. The van der Waals surface area contributed by atoms with Crippen LogP contribution in [0.4, 0.5) is 0 Å². The molecule has 2 rings (SSSR count). The number of rotatable bonds is 6. The Morgan fingerprint density at radius 2 is 1.76 bits per heavy atom. The lowest BCUT2D eigenvalue weighted by Crippen LogP contribution is -2.36. The number of aliphatic hydroxyl groups is 1. The summed E-state index contributed by atoms with van der Waals surface area (Å²) in [6.07, 6.45) is 0.840.